The van der Waals surface area contributed by atoms with Crippen LogP contribution < -0.4 is 0 Å². The van der Waals surface area contributed by atoms with Crippen molar-refractivity contribution in [2.75, 3.05) is 33.2 Å². The Bertz CT molecular complexity index is 1410. The lowest BCUT2D eigenvalue weighted by molar-refractivity contribution is -0.192. The summed E-state index contributed by atoms with van der Waals surface area (Å²) in [5.41, 5.74) is 5.99. The maximum atomic E-state index is 13.3. The number of carbonyl (C=O) groups excluding carboxylic acids is 1. The summed E-state index contributed by atoms with van der Waals surface area (Å²) in [6.45, 7) is 7.29. The van der Waals surface area contributed by atoms with E-state index in [1.807, 2.05) is 53.8 Å². The number of carboxylic acid groups (broad SMARTS) is 1. The number of rotatable bonds is 4. The lowest BCUT2D eigenvalue weighted by atomic mass is 9.97. The second-order valence-corrected chi connectivity index (χ2v) is 9.48. The molecule has 0 saturated carbocycles. The number of alkyl halides is 3. The molecule has 1 amide bonds. The normalized spacial score (nSPS) is 13.8. The zero-order valence-corrected chi connectivity index (χ0v) is 22.3. The molecule has 1 fully saturated rings. The Kier molecular flexibility index (Phi) is 9.37. The van der Waals surface area contributed by atoms with Crippen molar-refractivity contribution in [3.8, 4) is 11.8 Å². The molecule has 2 aromatic carbocycles. The van der Waals surface area contributed by atoms with Crippen LogP contribution in [0.15, 0.2) is 42.5 Å². The Morgan fingerprint density at radius 2 is 1.72 bits per heavy atom. The molecule has 4 rings (SSSR count). The lowest BCUT2D eigenvalue weighted by Gasteiger charge is -2.32. The van der Waals surface area contributed by atoms with E-state index in [0.29, 0.717) is 17.0 Å². The summed E-state index contributed by atoms with van der Waals surface area (Å²) in [6.07, 6.45) is -4.46. The average molecular weight is 562 g/mol. The van der Waals surface area contributed by atoms with E-state index in [2.05, 4.69) is 18.0 Å². The third-order valence-corrected chi connectivity index (χ3v) is 6.72. The van der Waals surface area contributed by atoms with Gasteiger partial charge in [0.05, 0.1) is 22.0 Å². The highest BCUT2D eigenvalue weighted by atomic mass is 35.5. The van der Waals surface area contributed by atoms with Gasteiger partial charge in [0.1, 0.15) is 6.07 Å². The van der Waals surface area contributed by atoms with Gasteiger partial charge in [0, 0.05) is 49.4 Å². The number of aliphatic carboxylic acids is 1. The zero-order valence-electron chi connectivity index (χ0n) is 21.6. The van der Waals surface area contributed by atoms with E-state index in [1.54, 1.807) is 12.1 Å². The number of likely N-dealkylation sites (N-methyl/N-ethyl adjacent to an activating group) is 1. The van der Waals surface area contributed by atoms with Crippen molar-refractivity contribution in [3.05, 3.63) is 81.1 Å². The fraction of sp³-hybridized carbons (Fsp3) is 0.333. The van der Waals surface area contributed by atoms with Gasteiger partial charge in [-0.15, -0.1) is 0 Å². The molecule has 2 heterocycles. The van der Waals surface area contributed by atoms with Crippen LogP contribution in [0.3, 0.4) is 0 Å². The first kappa shape index (κ1) is 29.7. The monoisotopic (exact) mass is 561 g/mol. The number of nitrogens with zero attached hydrogens (tertiary/aromatic N) is 5. The number of hydrogen-bond donors (Lipinski definition) is 1. The van der Waals surface area contributed by atoms with Gasteiger partial charge < -0.3 is 14.9 Å². The molecule has 1 N–H and O–H groups in total. The standard InChI is InChI=1S/C25H26ClN5O.C2HF3O2/c1-17-23(18(2)31(28-17)21-9-8-20(16-27)24(26)15-21)14-19-6-4-5-7-22(19)25(32)30-12-10-29(3)11-13-30;3-2(4,5)1(6)7/h4-9,15H,10-14H2,1-3H3;(H,6,7). The van der Waals surface area contributed by atoms with Gasteiger partial charge in [-0.3, -0.25) is 4.79 Å². The van der Waals surface area contributed by atoms with Crippen LogP contribution in [0.4, 0.5) is 13.2 Å². The summed E-state index contributed by atoms with van der Waals surface area (Å²) in [5, 5.41) is 21.4. The van der Waals surface area contributed by atoms with Crippen LogP contribution in [0.25, 0.3) is 5.69 Å². The second-order valence-electron chi connectivity index (χ2n) is 9.07. The van der Waals surface area contributed by atoms with Crippen LogP contribution in [-0.2, 0) is 11.2 Å². The zero-order chi connectivity index (χ0) is 28.9. The summed E-state index contributed by atoms with van der Waals surface area (Å²) >= 11 is 6.24. The largest absolute Gasteiger partial charge is 0.490 e. The Morgan fingerprint density at radius 1 is 1.10 bits per heavy atom. The Morgan fingerprint density at radius 3 is 2.28 bits per heavy atom. The molecule has 1 aliphatic heterocycles. The summed E-state index contributed by atoms with van der Waals surface area (Å²) in [6, 6.07) is 15.2. The summed E-state index contributed by atoms with van der Waals surface area (Å²) in [7, 11) is 2.08. The van der Waals surface area contributed by atoms with E-state index in [4.69, 9.17) is 31.9 Å². The van der Waals surface area contributed by atoms with E-state index in [0.717, 1.165) is 59.9 Å². The number of carboxylic acids is 1. The van der Waals surface area contributed by atoms with Crippen LogP contribution in [0.2, 0.25) is 5.02 Å². The predicted octanol–water partition coefficient (Wildman–Crippen LogP) is 4.63. The second kappa shape index (κ2) is 12.3. The number of hydrogen-bond acceptors (Lipinski definition) is 5. The summed E-state index contributed by atoms with van der Waals surface area (Å²) in [5.74, 6) is -2.66. The van der Waals surface area contributed by atoms with Crippen molar-refractivity contribution in [1.82, 2.24) is 19.6 Å². The maximum Gasteiger partial charge on any atom is 0.490 e. The Labute approximate surface area is 228 Å². The van der Waals surface area contributed by atoms with Crippen molar-refractivity contribution < 1.29 is 27.9 Å². The average Bonchev–Trinajstić information content (AvgIpc) is 3.17. The molecule has 0 aliphatic carbocycles. The number of nitriles is 1. The third kappa shape index (κ3) is 7.16. The highest BCUT2D eigenvalue weighted by Gasteiger charge is 2.38. The Hall–Kier alpha value is -3.88. The van der Waals surface area contributed by atoms with Crippen molar-refractivity contribution in [3.63, 3.8) is 0 Å². The number of halogens is 4. The third-order valence-electron chi connectivity index (χ3n) is 6.41. The van der Waals surface area contributed by atoms with Gasteiger partial charge >= 0.3 is 12.1 Å². The topological polar surface area (TPSA) is 102 Å². The van der Waals surface area contributed by atoms with Crippen molar-refractivity contribution in [1.29, 1.82) is 5.26 Å². The number of amides is 1. The summed E-state index contributed by atoms with van der Waals surface area (Å²) < 4.78 is 33.6. The quantitative estimate of drug-likeness (QED) is 0.498. The molecule has 1 aliphatic rings. The molecule has 1 saturated heterocycles. The predicted molar refractivity (Wildman–Crippen MR) is 139 cm³/mol. The van der Waals surface area contributed by atoms with Crippen LogP contribution in [0, 0.1) is 25.2 Å². The van der Waals surface area contributed by atoms with Gasteiger partial charge in [-0.05, 0) is 50.7 Å². The highest BCUT2D eigenvalue weighted by molar-refractivity contribution is 6.31. The number of benzene rings is 2. The van der Waals surface area contributed by atoms with Crippen LogP contribution in [0.1, 0.15) is 38.4 Å². The molecule has 39 heavy (non-hydrogen) atoms. The first-order valence-corrected chi connectivity index (χ1v) is 12.3. The molecule has 0 radical (unpaired) electrons. The first-order valence-electron chi connectivity index (χ1n) is 11.9. The van der Waals surface area contributed by atoms with Gasteiger partial charge in [-0.1, -0.05) is 29.8 Å². The van der Waals surface area contributed by atoms with Gasteiger partial charge in [0.25, 0.3) is 5.91 Å². The van der Waals surface area contributed by atoms with Crippen LogP contribution in [0.5, 0.6) is 0 Å². The SMILES string of the molecule is Cc1nn(-c2ccc(C#N)c(Cl)c2)c(C)c1Cc1ccccc1C(=O)N1CCN(C)CC1.O=C(O)C(F)(F)F. The van der Waals surface area contributed by atoms with E-state index < -0.39 is 12.1 Å². The van der Waals surface area contributed by atoms with E-state index >= 15 is 0 Å². The molecule has 0 unspecified atom stereocenters. The number of piperazine rings is 1. The van der Waals surface area contributed by atoms with E-state index in [9.17, 15) is 18.0 Å². The molecular weight excluding hydrogens is 535 g/mol. The smallest absolute Gasteiger partial charge is 0.475 e. The molecule has 12 heteroatoms. The van der Waals surface area contributed by atoms with Gasteiger partial charge in [0.15, 0.2) is 0 Å². The van der Waals surface area contributed by atoms with Gasteiger partial charge in [-0.25, -0.2) is 9.48 Å². The first-order chi connectivity index (χ1) is 18.3. The molecule has 1 aromatic heterocycles. The number of aromatic nitrogens is 2. The summed E-state index contributed by atoms with van der Waals surface area (Å²) in [4.78, 5) is 26.3. The molecule has 8 nitrogen and oxygen atoms in total. The molecule has 0 bridgehead atoms. The molecule has 206 valence electrons. The van der Waals surface area contributed by atoms with Gasteiger partial charge in [0.2, 0.25) is 0 Å². The van der Waals surface area contributed by atoms with E-state index in [-0.39, 0.29) is 5.91 Å². The Balaban J connectivity index is 0.000000532. The fourth-order valence-corrected chi connectivity index (χ4v) is 4.38. The van der Waals surface area contributed by atoms with Gasteiger partial charge in [-0.2, -0.15) is 23.5 Å². The van der Waals surface area contributed by atoms with Crippen molar-refractivity contribution >= 4 is 23.5 Å². The molecular formula is C27H27ClF3N5O3. The molecule has 0 atom stereocenters. The van der Waals surface area contributed by atoms with Crippen molar-refractivity contribution in [2.45, 2.75) is 26.4 Å². The van der Waals surface area contributed by atoms with Crippen molar-refractivity contribution in [2.24, 2.45) is 0 Å². The fourth-order valence-electron chi connectivity index (χ4n) is 4.16. The number of aryl methyl sites for hydroxylation is 1. The van der Waals surface area contributed by atoms with Crippen LogP contribution >= 0.6 is 11.6 Å². The van der Waals surface area contributed by atoms with Crippen LogP contribution in [-0.4, -0.2) is 76.0 Å². The minimum absolute atomic E-state index is 0.0928. The number of carbonyl (C=O) groups is 2. The minimum Gasteiger partial charge on any atom is -0.475 e. The maximum absolute atomic E-state index is 13.3. The molecule has 0 spiro atoms. The highest BCUT2D eigenvalue weighted by Crippen LogP contribution is 2.26. The van der Waals surface area contributed by atoms with E-state index in [1.165, 1.54) is 0 Å². The molecule has 3 aromatic rings. The minimum atomic E-state index is -5.08. The lowest BCUT2D eigenvalue weighted by Crippen LogP contribution is -2.47.